The third-order valence-electron chi connectivity index (χ3n) is 3.84. The van der Waals surface area contributed by atoms with Crippen LogP contribution in [0.25, 0.3) is 11.4 Å². The molecule has 1 saturated heterocycles. The Labute approximate surface area is 143 Å². The number of nitrogens with one attached hydrogen (secondary N) is 2. The Bertz CT molecular complexity index is 730. The van der Waals surface area contributed by atoms with Crippen molar-refractivity contribution in [1.82, 2.24) is 14.8 Å². The molecule has 3 rings (SSSR count). The average molecular weight is 360 g/mol. The highest BCUT2D eigenvalue weighted by atomic mass is 35.5. The summed E-state index contributed by atoms with van der Waals surface area (Å²) < 4.78 is 2.30. The third-order valence-corrected chi connectivity index (χ3v) is 4.70. The fraction of sp³-hybridized carbons (Fsp3) is 0.429. The number of H-pyrrole nitrogens is 1. The molecule has 8 heteroatoms. The monoisotopic (exact) mass is 359 g/mol. The summed E-state index contributed by atoms with van der Waals surface area (Å²) in [6.07, 6.45) is 1.67. The number of aliphatic hydroxyl groups excluding tert-OH is 1. The smallest absolute Gasteiger partial charge is 0.221 e. The highest BCUT2D eigenvalue weighted by Gasteiger charge is 2.22. The minimum atomic E-state index is -0.231. The summed E-state index contributed by atoms with van der Waals surface area (Å²) in [5.74, 6) is 0.628. The molecule has 1 aliphatic rings. The molecule has 0 radical (unpaired) electrons. The van der Waals surface area contributed by atoms with E-state index in [1.54, 1.807) is 12.1 Å². The van der Waals surface area contributed by atoms with Crippen molar-refractivity contribution in [3.63, 3.8) is 0 Å². The largest absolute Gasteiger partial charge is 0.387 e. The molecule has 118 valence electrons. The molecule has 0 aliphatic carbocycles. The topological polar surface area (TPSA) is 58.3 Å². The quantitative estimate of drug-likeness (QED) is 0.733. The second-order valence-electron chi connectivity index (χ2n) is 5.57. The van der Waals surface area contributed by atoms with Gasteiger partial charge in [-0.3, -0.25) is 5.10 Å². The molecule has 1 aromatic heterocycles. The van der Waals surface area contributed by atoms with Gasteiger partial charge in [0.25, 0.3) is 0 Å². The number of hydrogen-bond acceptors (Lipinski definition) is 3. The third kappa shape index (κ3) is 3.52. The molecule has 1 aliphatic heterocycles. The number of quaternary nitrogens is 1. The molecule has 22 heavy (non-hydrogen) atoms. The molecule has 2 heterocycles. The van der Waals surface area contributed by atoms with Crippen LogP contribution in [0.3, 0.4) is 0 Å². The van der Waals surface area contributed by atoms with Crippen LogP contribution in [-0.2, 0) is 6.67 Å². The molecule has 0 amide bonds. The number of benzene rings is 1. The van der Waals surface area contributed by atoms with Crippen molar-refractivity contribution >= 4 is 35.4 Å². The number of piperidine rings is 1. The number of rotatable bonds is 3. The summed E-state index contributed by atoms with van der Waals surface area (Å²) in [6, 6.07) is 5.27. The summed E-state index contributed by atoms with van der Waals surface area (Å²) in [7, 11) is 0. The zero-order valence-corrected chi connectivity index (χ0v) is 14.2. The molecule has 1 aromatic carbocycles. The van der Waals surface area contributed by atoms with Gasteiger partial charge in [0.2, 0.25) is 4.77 Å². The van der Waals surface area contributed by atoms with E-state index in [1.807, 2.05) is 10.7 Å². The highest BCUT2D eigenvalue weighted by molar-refractivity contribution is 7.71. The number of nitrogens with zero attached hydrogens (tertiary/aromatic N) is 2. The van der Waals surface area contributed by atoms with Gasteiger partial charge >= 0.3 is 0 Å². The maximum absolute atomic E-state index is 9.76. The van der Waals surface area contributed by atoms with E-state index in [-0.39, 0.29) is 6.10 Å². The van der Waals surface area contributed by atoms with Crippen molar-refractivity contribution in [1.29, 1.82) is 0 Å². The zero-order chi connectivity index (χ0) is 15.7. The molecule has 2 aromatic rings. The lowest BCUT2D eigenvalue weighted by atomic mass is 10.1. The lowest BCUT2D eigenvalue weighted by molar-refractivity contribution is -0.931. The molecule has 5 nitrogen and oxygen atoms in total. The molecule has 0 spiro atoms. The second kappa shape index (κ2) is 6.68. The first-order valence-electron chi connectivity index (χ1n) is 7.17. The van der Waals surface area contributed by atoms with Gasteiger partial charge in [0.05, 0.1) is 11.6 Å². The van der Waals surface area contributed by atoms with Gasteiger partial charge in [-0.15, -0.1) is 0 Å². The van der Waals surface area contributed by atoms with Crippen LogP contribution in [0.4, 0.5) is 0 Å². The average Bonchev–Trinajstić information content (AvgIpc) is 2.80. The summed E-state index contributed by atoms with van der Waals surface area (Å²) in [6.45, 7) is 2.42. The minimum Gasteiger partial charge on any atom is -0.387 e. The van der Waals surface area contributed by atoms with Crippen molar-refractivity contribution < 1.29 is 10.0 Å². The summed E-state index contributed by atoms with van der Waals surface area (Å²) in [4.78, 5) is 5.66. The van der Waals surface area contributed by atoms with Crippen molar-refractivity contribution in [3.05, 3.63) is 33.0 Å². The minimum absolute atomic E-state index is 0.231. The van der Waals surface area contributed by atoms with E-state index in [0.717, 1.165) is 31.5 Å². The Morgan fingerprint density at radius 1 is 1.45 bits per heavy atom. The maximum Gasteiger partial charge on any atom is 0.221 e. The molecular formula is C14H17Cl2N4OS+. The van der Waals surface area contributed by atoms with Crippen LogP contribution >= 0.6 is 35.4 Å². The van der Waals surface area contributed by atoms with E-state index >= 15 is 0 Å². The van der Waals surface area contributed by atoms with E-state index in [9.17, 15) is 5.11 Å². The van der Waals surface area contributed by atoms with Gasteiger partial charge < -0.3 is 10.0 Å². The number of aromatic amines is 1. The van der Waals surface area contributed by atoms with Crippen LogP contribution in [0.2, 0.25) is 10.0 Å². The van der Waals surface area contributed by atoms with Gasteiger partial charge in [0, 0.05) is 10.6 Å². The van der Waals surface area contributed by atoms with Crippen molar-refractivity contribution in [2.24, 2.45) is 0 Å². The van der Waals surface area contributed by atoms with Crippen molar-refractivity contribution in [2.45, 2.75) is 25.6 Å². The summed E-state index contributed by atoms with van der Waals surface area (Å²) in [5, 5.41) is 14.1. The van der Waals surface area contributed by atoms with E-state index in [2.05, 4.69) is 10.1 Å². The predicted octanol–water partition coefficient (Wildman–Crippen LogP) is 1.91. The Morgan fingerprint density at radius 3 is 3.00 bits per heavy atom. The van der Waals surface area contributed by atoms with Crippen LogP contribution in [0.1, 0.15) is 12.8 Å². The fourth-order valence-electron chi connectivity index (χ4n) is 2.76. The van der Waals surface area contributed by atoms with Gasteiger partial charge in [-0.2, -0.15) is 4.98 Å². The number of hydrogen-bond donors (Lipinski definition) is 3. The van der Waals surface area contributed by atoms with Crippen LogP contribution in [0.15, 0.2) is 18.2 Å². The van der Waals surface area contributed by atoms with Gasteiger partial charge in [0.1, 0.15) is 12.6 Å². The fourth-order valence-corrected chi connectivity index (χ4v) is 3.46. The number of halogens is 2. The molecule has 2 atom stereocenters. The Morgan fingerprint density at radius 2 is 2.27 bits per heavy atom. The molecule has 1 fully saturated rings. The van der Waals surface area contributed by atoms with Gasteiger partial charge in [-0.1, -0.05) is 23.2 Å². The van der Waals surface area contributed by atoms with Gasteiger partial charge in [0.15, 0.2) is 12.5 Å². The summed E-state index contributed by atoms with van der Waals surface area (Å²) in [5.41, 5.74) is 0.768. The van der Waals surface area contributed by atoms with Gasteiger partial charge in [-0.05, 0) is 43.3 Å². The Hall–Kier alpha value is -0.920. The van der Waals surface area contributed by atoms with E-state index < -0.39 is 0 Å². The van der Waals surface area contributed by atoms with Crippen LogP contribution in [0, 0.1) is 4.77 Å². The Kier molecular flexibility index (Phi) is 4.84. The molecule has 0 saturated carbocycles. The van der Waals surface area contributed by atoms with Crippen molar-refractivity contribution in [2.75, 3.05) is 13.1 Å². The first-order chi connectivity index (χ1) is 10.5. The molecule has 3 N–H and O–H groups in total. The maximum atomic E-state index is 9.76. The second-order valence-corrected chi connectivity index (χ2v) is 6.77. The SMILES string of the molecule is O[C@@H]1CCC[NH+](Cn2[nH]c(-c3ccc(Cl)cc3Cl)nc2=S)C1. The van der Waals surface area contributed by atoms with E-state index in [1.165, 1.54) is 4.90 Å². The molecular weight excluding hydrogens is 343 g/mol. The Balaban J connectivity index is 1.83. The van der Waals surface area contributed by atoms with Crippen LogP contribution in [0.5, 0.6) is 0 Å². The van der Waals surface area contributed by atoms with E-state index in [4.69, 9.17) is 35.4 Å². The zero-order valence-electron chi connectivity index (χ0n) is 11.9. The standard InChI is InChI=1S/C14H16Cl2N4OS/c15-9-3-4-11(12(16)6-9)13-17-14(22)20(18-13)8-19-5-1-2-10(21)7-19/h3-4,6,10,21H,1-2,5,7-8H2,(H,17,18,22)/p+1/t10-/m1/s1. The van der Waals surface area contributed by atoms with Crippen molar-refractivity contribution in [3.8, 4) is 11.4 Å². The first-order valence-corrected chi connectivity index (χ1v) is 8.33. The first kappa shape index (κ1) is 16.0. The predicted molar refractivity (Wildman–Crippen MR) is 88.8 cm³/mol. The molecule has 1 unspecified atom stereocenters. The summed E-state index contributed by atoms with van der Waals surface area (Å²) >= 11 is 17.4. The normalized spacial score (nSPS) is 22.0. The number of aromatic nitrogens is 3. The van der Waals surface area contributed by atoms with Gasteiger partial charge in [-0.25, -0.2) is 4.68 Å². The van der Waals surface area contributed by atoms with Crippen LogP contribution < -0.4 is 4.90 Å². The lowest BCUT2D eigenvalue weighted by Crippen LogP contribution is -3.13. The lowest BCUT2D eigenvalue weighted by Gasteiger charge is -2.26. The molecule has 0 bridgehead atoms. The highest BCUT2D eigenvalue weighted by Crippen LogP contribution is 2.27. The number of aliphatic hydroxyl groups is 1. The number of likely N-dealkylation sites (tertiary alicyclic amines) is 1. The van der Waals surface area contributed by atoms with Crippen LogP contribution in [-0.4, -0.2) is 39.1 Å². The van der Waals surface area contributed by atoms with E-state index in [0.29, 0.717) is 27.3 Å².